The third kappa shape index (κ3) is 3.15. The van der Waals surface area contributed by atoms with Crippen molar-refractivity contribution in [2.45, 2.75) is 25.7 Å². The lowest BCUT2D eigenvalue weighted by molar-refractivity contribution is 0.311. The Balaban J connectivity index is 1.98. The van der Waals surface area contributed by atoms with Crippen LogP contribution in [0.15, 0.2) is 36.4 Å². The summed E-state index contributed by atoms with van der Waals surface area (Å²) < 4.78 is 0. The summed E-state index contributed by atoms with van der Waals surface area (Å²) in [6.45, 7) is 0.499. The zero-order valence-corrected chi connectivity index (χ0v) is 15.1. The maximum absolute atomic E-state index is 9.61. The number of aromatic nitrogens is 1. The van der Waals surface area contributed by atoms with E-state index in [2.05, 4.69) is 5.32 Å². The molecule has 0 radical (unpaired) electrons. The van der Waals surface area contributed by atoms with Gasteiger partial charge < -0.3 is 20.9 Å². The molecule has 4 N–H and O–H groups in total. The third-order valence-electron chi connectivity index (χ3n) is 5.22. The molecule has 5 heteroatoms. The molecule has 4 rings (SSSR count). The lowest BCUT2D eigenvalue weighted by Crippen LogP contribution is -2.11. The molecule has 0 bridgehead atoms. The minimum absolute atomic E-state index is 0.0472. The van der Waals surface area contributed by atoms with Crippen LogP contribution in [0.2, 0.25) is 0 Å². The highest BCUT2D eigenvalue weighted by Crippen LogP contribution is 2.38. The highest BCUT2D eigenvalue weighted by Gasteiger charge is 2.21. The average molecular weight is 361 g/mol. The van der Waals surface area contributed by atoms with Gasteiger partial charge in [0.25, 0.3) is 0 Å². The summed E-state index contributed by atoms with van der Waals surface area (Å²) in [5.74, 6) is 0.249. The molecule has 1 heterocycles. The van der Waals surface area contributed by atoms with Crippen molar-refractivity contribution in [3.8, 4) is 17.0 Å². The van der Waals surface area contributed by atoms with Gasteiger partial charge in [-0.05, 0) is 73.2 Å². The predicted octanol–water partition coefficient (Wildman–Crippen LogP) is 3.89. The van der Waals surface area contributed by atoms with Gasteiger partial charge in [0.1, 0.15) is 5.75 Å². The molecule has 1 aliphatic rings. The van der Waals surface area contributed by atoms with Crippen LogP contribution in [0.3, 0.4) is 0 Å². The Hall–Kier alpha value is -2.92. The molecule has 0 amide bonds. The van der Waals surface area contributed by atoms with E-state index in [0.29, 0.717) is 6.54 Å². The maximum atomic E-state index is 9.61. The molecule has 0 saturated heterocycles. The Morgan fingerprint density at radius 1 is 1.04 bits per heavy atom. The number of fused-ring (bicyclic) bond motifs is 3. The number of phenols is 1. The molecule has 2 aromatic carbocycles. The van der Waals surface area contributed by atoms with Gasteiger partial charge in [0, 0.05) is 35.0 Å². The average Bonchev–Trinajstić information content (AvgIpc) is 2.71. The van der Waals surface area contributed by atoms with Crippen LogP contribution in [0.1, 0.15) is 29.5 Å². The third-order valence-corrected chi connectivity index (χ3v) is 5.22. The molecule has 0 spiro atoms. The number of aliphatic hydroxyl groups excluding tert-OH is 1. The molecule has 5 nitrogen and oxygen atoms in total. The molecule has 0 aliphatic heterocycles. The van der Waals surface area contributed by atoms with Gasteiger partial charge in [0.05, 0.1) is 17.8 Å². The summed E-state index contributed by atoms with van der Waals surface area (Å²) in [6, 6.07) is 11.1. The largest absolute Gasteiger partial charge is 0.508 e. The van der Waals surface area contributed by atoms with Gasteiger partial charge in [0.15, 0.2) is 0 Å². The molecule has 0 fully saturated rings. The molecule has 27 heavy (non-hydrogen) atoms. The van der Waals surface area contributed by atoms with E-state index in [1.807, 2.05) is 24.3 Å². The molecular formula is C22H23N3O2. The van der Waals surface area contributed by atoms with E-state index in [1.165, 1.54) is 17.3 Å². The Labute approximate surface area is 158 Å². The van der Waals surface area contributed by atoms with Crippen molar-refractivity contribution in [3.05, 3.63) is 53.1 Å². The highest BCUT2D eigenvalue weighted by atomic mass is 16.3. The first-order valence-corrected chi connectivity index (χ1v) is 9.36. The van der Waals surface area contributed by atoms with Crippen molar-refractivity contribution in [1.82, 2.24) is 4.98 Å². The first-order chi connectivity index (χ1) is 13.2. The number of phenolic OH excluding ortho intramolecular Hbond substituents is 1. The molecule has 0 unspecified atom stereocenters. The van der Waals surface area contributed by atoms with Gasteiger partial charge in [-0.15, -0.1) is 0 Å². The van der Waals surface area contributed by atoms with Crippen molar-refractivity contribution < 1.29 is 10.2 Å². The van der Waals surface area contributed by atoms with E-state index in [1.54, 1.807) is 12.1 Å². The number of hydrogen-bond donors (Lipinski definition) is 4. The number of nitrogens with zero attached hydrogens (tertiary/aromatic N) is 1. The smallest absolute Gasteiger partial charge is 0.115 e. The van der Waals surface area contributed by atoms with Gasteiger partial charge >= 0.3 is 0 Å². The van der Waals surface area contributed by atoms with E-state index < -0.39 is 0 Å². The topological polar surface area (TPSA) is 89.2 Å². The number of hydrogen-bond acceptors (Lipinski definition) is 5. The Morgan fingerprint density at radius 3 is 2.48 bits per heavy atom. The van der Waals surface area contributed by atoms with Crippen molar-refractivity contribution in [3.63, 3.8) is 0 Å². The fourth-order valence-electron chi connectivity index (χ4n) is 4.00. The van der Waals surface area contributed by atoms with Crippen LogP contribution >= 0.6 is 0 Å². The number of nitrogens with one attached hydrogen (secondary N) is 2. The standard InChI is InChI=1S/C22H23N3O2/c23-13-18-19(24-11-12-26)9-10-20-21(18)16-3-1-2-4-17(16)22(25-20)14-5-7-15(27)8-6-14/h5-10,13,23-24,26-27H,1-4,11-12H2. The lowest BCUT2D eigenvalue weighted by Gasteiger charge is -2.23. The van der Waals surface area contributed by atoms with E-state index >= 15 is 0 Å². The fraction of sp³-hybridized carbons (Fsp3) is 0.273. The quantitative estimate of drug-likeness (QED) is 0.519. The number of rotatable bonds is 5. The summed E-state index contributed by atoms with van der Waals surface area (Å²) in [7, 11) is 0. The Bertz CT molecular complexity index is 997. The number of benzene rings is 2. The van der Waals surface area contributed by atoms with Gasteiger partial charge in [-0.3, -0.25) is 0 Å². The first-order valence-electron chi connectivity index (χ1n) is 9.36. The van der Waals surface area contributed by atoms with E-state index in [4.69, 9.17) is 15.5 Å². The zero-order valence-electron chi connectivity index (χ0n) is 15.1. The number of aromatic hydroxyl groups is 1. The van der Waals surface area contributed by atoms with Crippen LogP contribution in [0.4, 0.5) is 5.69 Å². The molecule has 138 valence electrons. The minimum Gasteiger partial charge on any atom is -0.508 e. The number of aryl methyl sites for hydroxylation is 1. The molecule has 3 aromatic rings. The van der Waals surface area contributed by atoms with E-state index in [9.17, 15) is 5.11 Å². The van der Waals surface area contributed by atoms with Crippen LogP contribution in [-0.4, -0.2) is 34.6 Å². The van der Waals surface area contributed by atoms with Crippen molar-refractivity contribution in [2.24, 2.45) is 0 Å². The SMILES string of the molecule is N=Cc1c(NCCO)ccc2nc(-c3ccc(O)cc3)c3c(c12)CCCC3. The number of pyridine rings is 1. The van der Waals surface area contributed by atoms with Gasteiger partial charge in [-0.25, -0.2) is 4.98 Å². The Morgan fingerprint density at radius 2 is 1.78 bits per heavy atom. The van der Waals surface area contributed by atoms with Gasteiger partial charge in [0.2, 0.25) is 0 Å². The zero-order chi connectivity index (χ0) is 18.8. The highest BCUT2D eigenvalue weighted by molar-refractivity contribution is 6.05. The lowest BCUT2D eigenvalue weighted by atomic mass is 9.85. The summed E-state index contributed by atoms with van der Waals surface area (Å²) in [5, 5.41) is 31.0. The Kier molecular flexibility index (Phi) is 4.77. The van der Waals surface area contributed by atoms with Crippen LogP contribution in [-0.2, 0) is 12.8 Å². The minimum atomic E-state index is 0.0472. The molecule has 0 atom stereocenters. The normalized spacial score (nSPS) is 13.4. The van der Waals surface area contributed by atoms with Crippen LogP contribution in [0.25, 0.3) is 22.2 Å². The van der Waals surface area contributed by atoms with Crippen molar-refractivity contribution in [2.75, 3.05) is 18.5 Å². The van der Waals surface area contributed by atoms with Gasteiger partial charge in [-0.2, -0.15) is 0 Å². The second kappa shape index (κ2) is 7.37. The fourth-order valence-corrected chi connectivity index (χ4v) is 4.00. The molecule has 1 aliphatic carbocycles. The summed E-state index contributed by atoms with van der Waals surface area (Å²) in [4.78, 5) is 4.96. The number of aliphatic hydroxyl groups is 1. The summed E-state index contributed by atoms with van der Waals surface area (Å²) in [5.41, 5.74) is 7.09. The number of anilines is 1. The second-order valence-electron chi connectivity index (χ2n) is 6.89. The molecular weight excluding hydrogens is 338 g/mol. The maximum Gasteiger partial charge on any atom is 0.115 e. The van der Waals surface area contributed by atoms with Crippen LogP contribution in [0.5, 0.6) is 5.75 Å². The van der Waals surface area contributed by atoms with Crippen molar-refractivity contribution in [1.29, 1.82) is 5.41 Å². The second-order valence-corrected chi connectivity index (χ2v) is 6.89. The monoisotopic (exact) mass is 361 g/mol. The van der Waals surface area contributed by atoms with Crippen molar-refractivity contribution >= 4 is 22.8 Å². The van der Waals surface area contributed by atoms with Crippen LogP contribution < -0.4 is 5.32 Å². The molecule has 1 aromatic heterocycles. The molecule has 0 saturated carbocycles. The van der Waals surface area contributed by atoms with E-state index in [-0.39, 0.29) is 12.4 Å². The predicted molar refractivity (Wildman–Crippen MR) is 109 cm³/mol. The van der Waals surface area contributed by atoms with Crippen LogP contribution in [0, 0.1) is 5.41 Å². The summed E-state index contributed by atoms with van der Waals surface area (Å²) >= 11 is 0. The van der Waals surface area contributed by atoms with Gasteiger partial charge in [-0.1, -0.05) is 0 Å². The van der Waals surface area contributed by atoms with E-state index in [0.717, 1.165) is 59.1 Å². The first kappa shape index (κ1) is 17.5. The summed E-state index contributed by atoms with van der Waals surface area (Å²) in [6.07, 6.45) is 5.60.